The lowest BCUT2D eigenvalue weighted by Gasteiger charge is -2.27. The molecule has 7 heteroatoms. The quantitative estimate of drug-likeness (QED) is 0.536. The fraction of sp³-hybridized carbons (Fsp3) is 0.208. The van der Waals surface area contributed by atoms with Gasteiger partial charge in [0.1, 0.15) is 12.3 Å². The van der Waals surface area contributed by atoms with E-state index in [0.717, 1.165) is 15.4 Å². The van der Waals surface area contributed by atoms with Crippen LogP contribution in [0.3, 0.4) is 0 Å². The topological polar surface area (TPSA) is 66.9 Å². The number of nitrogens with zero attached hydrogens (tertiary/aromatic N) is 2. The molecule has 3 aromatic rings. The molecule has 0 aliphatic heterocycles. The number of methoxy groups -OCH3 is 1. The highest BCUT2D eigenvalue weighted by molar-refractivity contribution is 7.92. The van der Waals surface area contributed by atoms with Crippen molar-refractivity contribution >= 4 is 21.6 Å². The van der Waals surface area contributed by atoms with E-state index in [2.05, 4.69) is 0 Å². The van der Waals surface area contributed by atoms with Crippen LogP contribution in [-0.4, -0.2) is 39.9 Å². The Kier molecular flexibility index (Phi) is 6.97. The van der Waals surface area contributed by atoms with E-state index in [-0.39, 0.29) is 17.3 Å². The Morgan fingerprint density at radius 3 is 2.13 bits per heavy atom. The molecule has 0 saturated carbocycles. The summed E-state index contributed by atoms with van der Waals surface area (Å²) < 4.78 is 33.1. The normalized spacial score (nSPS) is 11.1. The van der Waals surface area contributed by atoms with Crippen LogP contribution in [0.5, 0.6) is 5.75 Å². The van der Waals surface area contributed by atoms with Crippen LogP contribution in [0.25, 0.3) is 0 Å². The summed E-state index contributed by atoms with van der Waals surface area (Å²) in [7, 11) is -0.722. The molecule has 6 nitrogen and oxygen atoms in total. The van der Waals surface area contributed by atoms with E-state index in [1.165, 1.54) is 19.2 Å². The Labute approximate surface area is 183 Å². The average molecular weight is 439 g/mol. The van der Waals surface area contributed by atoms with Gasteiger partial charge in [-0.15, -0.1) is 0 Å². The SMILES string of the molecule is COc1ccc(N(CC(=O)N(C)Cc2ccccc2C)S(=O)(=O)c2ccccc2)cc1. The first kappa shape index (κ1) is 22.4. The minimum Gasteiger partial charge on any atom is -0.497 e. The summed E-state index contributed by atoms with van der Waals surface area (Å²) in [6.07, 6.45) is 0. The highest BCUT2D eigenvalue weighted by atomic mass is 32.2. The number of anilines is 1. The summed E-state index contributed by atoms with van der Waals surface area (Å²) in [5.74, 6) is 0.294. The van der Waals surface area contributed by atoms with Crippen molar-refractivity contribution in [2.24, 2.45) is 0 Å². The number of hydrogen-bond donors (Lipinski definition) is 0. The molecule has 31 heavy (non-hydrogen) atoms. The van der Waals surface area contributed by atoms with Crippen molar-refractivity contribution in [3.05, 3.63) is 90.0 Å². The lowest BCUT2D eigenvalue weighted by atomic mass is 10.1. The third kappa shape index (κ3) is 5.24. The van der Waals surface area contributed by atoms with E-state index in [9.17, 15) is 13.2 Å². The molecule has 0 fully saturated rings. The van der Waals surface area contributed by atoms with Gasteiger partial charge in [0.25, 0.3) is 10.0 Å². The van der Waals surface area contributed by atoms with Gasteiger partial charge < -0.3 is 9.64 Å². The van der Waals surface area contributed by atoms with Gasteiger partial charge in [-0.3, -0.25) is 9.10 Å². The molecule has 3 aromatic carbocycles. The molecule has 1 amide bonds. The number of rotatable bonds is 8. The monoisotopic (exact) mass is 438 g/mol. The van der Waals surface area contributed by atoms with Crippen LogP contribution in [0.1, 0.15) is 11.1 Å². The van der Waals surface area contributed by atoms with E-state index >= 15 is 0 Å². The van der Waals surface area contributed by atoms with Crippen LogP contribution >= 0.6 is 0 Å². The second-order valence-corrected chi connectivity index (χ2v) is 9.06. The standard InChI is InChI=1S/C24H26N2O4S/c1-19-9-7-8-10-20(19)17-25(2)24(27)18-26(21-13-15-22(30-3)16-14-21)31(28,29)23-11-5-4-6-12-23/h4-16H,17-18H2,1-3H3. The number of sulfonamides is 1. The van der Waals surface area contributed by atoms with Crippen molar-refractivity contribution in [1.82, 2.24) is 4.90 Å². The second-order valence-electron chi connectivity index (χ2n) is 7.20. The summed E-state index contributed by atoms with van der Waals surface area (Å²) >= 11 is 0. The van der Waals surface area contributed by atoms with Gasteiger partial charge in [0.15, 0.2) is 0 Å². The maximum atomic E-state index is 13.4. The van der Waals surface area contributed by atoms with Crippen molar-refractivity contribution in [3.8, 4) is 5.75 Å². The van der Waals surface area contributed by atoms with Gasteiger partial charge >= 0.3 is 0 Å². The second kappa shape index (κ2) is 9.66. The lowest BCUT2D eigenvalue weighted by Crippen LogP contribution is -2.41. The Balaban J connectivity index is 1.90. The molecule has 0 aliphatic carbocycles. The van der Waals surface area contributed by atoms with Gasteiger partial charge in [0, 0.05) is 13.6 Å². The minimum absolute atomic E-state index is 0.125. The number of likely N-dealkylation sites (N-methyl/N-ethyl adjacent to an activating group) is 1. The Morgan fingerprint density at radius 1 is 0.903 bits per heavy atom. The Bertz CT molecular complexity index is 1130. The number of amides is 1. The average Bonchev–Trinajstić information content (AvgIpc) is 2.79. The fourth-order valence-electron chi connectivity index (χ4n) is 3.16. The molecule has 0 atom stereocenters. The Hall–Kier alpha value is -3.32. The van der Waals surface area contributed by atoms with Crippen molar-refractivity contribution in [2.75, 3.05) is 25.0 Å². The van der Waals surface area contributed by atoms with E-state index in [1.807, 2.05) is 31.2 Å². The van der Waals surface area contributed by atoms with Crippen LogP contribution in [0.2, 0.25) is 0 Å². The summed E-state index contributed by atoms with van der Waals surface area (Å²) in [4.78, 5) is 14.7. The predicted molar refractivity (Wildman–Crippen MR) is 122 cm³/mol. The van der Waals surface area contributed by atoms with Gasteiger partial charge in [-0.25, -0.2) is 8.42 Å². The first-order valence-electron chi connectivity index (χ1n) is 9.83. The molecule has 162 valence electrons. The zero-order valence-corrected chi connectivity index (χ0v) is 18.7. The molecule has 0 aromatic heterocycles. The van der Waals surface area contributed by atoms with Crippen LogP contribution in [0, 0.1) is 6.92 Å². The van der Waals surface area contributed by atoms with Crippen LogP contribution in [0.4, 0.5) is 5.69 Å². The zero-order valence-electron chi connectivity index (χ0n) is 17.9. The number of carbonyl (C=O) groups excluding carboxylic acids is 1. The van der Waals surface area contributed by atoms with Crippen LogP contribution < -0.4 is 9.04 Å². The summed E-state index contributed by atoms with van der Waals surface area (Å²) in [5, 5.41) is 0. The molecular weight excluding hydrogens is 412 g/mol. The molecule has 0 radical (unpaired) electrons. The first-order chi connectivity index (χ1) is 14.8. The van der Waals surface area contributed by atoms with Crippen LogP contribution in [-0.2, 0) is 21.4 Å². The maximum absolute atomic E-state index is 13.4. The van der Waals surface area contributed by atoms with E-state index < -0.39 is 10.0 Å². The van der Waals surface area contributed by atoms with Gasteiger partial charge in [0.05, 0.1) is 17.7 Å². The summed E-state index contributed by atoms with van der Waals surface area (Å²) in [6.45, 7) is 2.07. The number of ether oxygens (including phenoxy) is 1. The van der Waals surface area contributed by atoms with Gasteiger partial charge in [0.2, 0.25) is 5.91 Å². The van der Waals surface area contributed by atoms with Gasteiger partial charge in [-0.2, -0.15) is 0 Å². The van der Waals surface area contributed by atoms with Crippen molar-refractivity contribution in [3.63, 3.8) is 0 Å². The van der Waals surface area contributed by atoms with Crippen molar-refractivity contribution in [2.45, 2.75) is 18.4 Å². The molecule has 0 bridgehead atoms. The Morgan fingerprint density at radius 2 is 1.52 bits per heavy atom. The number of carbonyl (C=O) groups is 1. The van der Waals surface area contributed by atoms with Gasteiger partial charge in [-0.1, -0.05) is 42.5 Å². The van der Waals surface area contributed by atoms with E-state index in [4.69, 9.17) is 4.74 Å². The summed E-state index contributed by atoms with van der Waals surface area (Å²) in [5.41, 5.74) is 2.48. The molecule has 0 saturated heterocycles. The zero-order chi connectivity index (χ0) is 22.4. The summed E-state index contributed by atoms with van der Waals surface area (Å²) in [6, 6.07) is 22.5. The maximum Gasteiger partial charge on any atom is 0.264 e. The van der Waals surface area contributed by atoms with Crippen molar-refractivity contribution in [1.29, 1.82) is 0 Å². The predicted octanol–water partition coefficient (Wildman–Crippen LogP) is 3.86. The smallest absolute Gasteiger partial charge is 0.264 e. The van der Waals surface area contributed by atoms with E-state index in [1.54, 1.807) is 54.4 Å². The molecule has 0 N–H and O–H groups in total. The molecule has 3 rings (SSSR count). The lowest BCUT2D eigenvalue weighted by molar-refractivity contribution is -0.128. The first-order valence-corrected chi connectivity index (χ1v) is 11.3. The molecule has 0 spiro atoms. The molecular formula is C24H26N2O4S. The fourth-order valence-corrected chi connectivity index (χ4v) is 4.59. The van der Waals surface area contributed by atoms with Crippen molar-refractivity contribution < 1.29 is 17.9 Å². The number of hydrogen-bond acceptors (Lipinski definition) is 4. The number of benzene rings is 3. The van der Waals surface area contributed by atoms with Gasteiger partial charge in [-0.05, 0) is 54.4 Å². The highest BCUT2D eigenvalue weighted by Crippen LogP contribution is 2.26. The largest absolute Gasteiger partial charge is 0.497 e. The molecule has 0 unspecified atom stereocenters. The third-order valence-corrected chi connectivity index (χ3v) is 6.85. The third-order valence-electron chi connectivity index (χ3n) is 5.07. The van der Waals surface area contributed by atoms with E-state index in [0.29, 0.717) is 18.0 Å². The number of aryl methyl sites for hydroxylation is 1. The minimum atomic E-state index is -3.94. The van der Waals surface area contributed by atoms with Crippen LogP contribution in [0.15, 0.2) is 83.8 Å². The molecule has 0 aliphatic rings. The molecule has 0 heterocycles. The highest BCUT2D eigenvalue weighted by Gasteiger charge is 2.28.